The van der Waals surface area contributed by atoms with Gasteiger partial charge in [-0.25, -0.2) is 4.98 Å². The molecule has 0 unspecified atom stereocenters. The van der Waals surface area contributed by atoms with Gasteiger partial charge in [-0.2, -0.15) is 0 Å². The van der Waals surface area contributed by atoms with Gasteiger partial charge in [-0.3, -0.25) is 0 Å². The van der Waals surface area contributed by atoms with Crippen molar-refractivity contribution in [1.82, 2.24) is 4.98 Å². The Hall–Kier alpha value is -1.45. The molecule has 4 nitrogen and oxygen atoms in total. The third kappa shape index (κ3) is 1.89. The highest BCUT2D eigenvalue weighted by Crippen LogP contribution is 2.30. The van der Waals surface area contributed by atoms with Crippen LogP contribution in [0.5, 0.6) is 5.75 Å². The first-order valence-corrected chi connectivity index (χ1v) is 4.77. The van der Waals surface area contributed by atoms with E-state index in [1.54, 1.807) is 0 Å². The fraction of sp³-hybridized carbons (Fsp3) is 0.500. The van der Waals surface area contributed by atoms with Crippen LogP contribution in [0.3, 0.4) is 0 Å². The summed E-state index contributed by atoms with van der Waals surface area (Å²) >= 11 is 0. The fourth-order valence-corrected chi connectivity index (χ4v) is 1.17. The van der Waals surface area contributed by atoms with Gasteiger partial charge in [-0.05, 0) is 25.0 Å². The maximum Gasteiger partial charge on any atom is 0.168 e. The lowest BCUT2D eigenvalue weighted by molar-refractivity contribution is 0.304. The lowest BCUT2D eigenvalue weighted by Gasteiger charge is -2.13. The number of ether oxygens (including phenoxy) is 1. The van der Waals surface area contributed by atoms with Gasteiger partial charge in [0, 0.05) is 14.1 Å². The van der Waals surface area contributed by atoms with E-state index in [-0.39, 0.29) is 0 Å². The van der Waals surface area contributed by atoms with E-state index in [0.717, 1.165) is 18.7 Å². The van der Waals surface area contributed by atoms with Gasteiger partial charge in [0.15, 0.2) is 11.6 Å². The van der Waals surface area contributed by atoms with Gasteiger partial charge >= 0.3 is 0 Å². The van der Waals surface area contributed by atoms with E-state index < -0.39 is 0 Å². The second-order valence-electron chi connectivity index (χ2n) is 3.76. The number of nitrogen functional groups attached to an aromatic ring is 1. The molecule has 14 heavy (non-hydrogen) atoms. The number of hydrogen-bond acceptors (Lipinski definition) is 4. The monoisotopic (exact) mass is 193 g/mol. The molecule has 0 bridgehead atoms. The molecular formula is C10H15N3O. The maximum atomic E-state index is 5.77. The van der Waals surface area contributed by atoms with Gasteiger partial charge in [0.1, 0.15) is 5.82 Å². The molecule has 1 aromatic heterocycles. The third-order valence-electron chi connectivity index (χ3n) is 2.15. The van der Waals surface area contributed by atoms with Crippen LogP contribution in [0, 0.1) is 0 Å². The van der Waals surface area contributed by atoms with Crippen LogP contribution in [0.1, 0.15) is 12.8 Å². The first-order chi connectivity index (χ1) is 6.66. The normalized spacial score (nSPS) is 15.3. The van der Waals surface area contributed by atoms with Crippen LogP contribution in [0.25, 0.3) is 0 Å². The van der Waals surface area contributed by atoms with Gasteiger partial charge in [0.05, 0.1) is 6.10 Å². The van der Waals surface area contributed by atoms with E-state index in [2.05, 4.69) is 4.98 Å². The molecular weight excluding hydrogens is 178 g/mol. The molecule has 0 amide bonds. The zero-order valence-corrected chi connectivity index (χ0v) is 8.53. The molecule has 2 rings (SSSR count). The summed E-state index contributed by atoms with van der Waals surface area (Å²) in [7, 11) is 3.87. The Morgan fingerprint density at radius 1 is 1.43 bits per heavy atom. The summed E-state index contributed by atoms with van der Waals surface area (Å²) in [6.45, 7) is 0. The molecule has 0 atom stereocenters. The van der Waals surface area contributed by atoms with E-state index in [0.29, 0.717) is 17.7 Å². The second kappa shape index (κ2) is 3.36. The van der Waals surface area contributed by atoms with E-state index in [1.165, 1.54) is 0 Å². The van der Waals surface area contributed by atoms with Gasteiger partial charge < -0.3 is 15.4 Å². The van der Waals surface area contributed by atoms with Crippen molar-refractivity contribution >= 4 is 11.6 Å². The zero-order chi connectivity index (χ0) is 10.1. The van der Waals surface area contributed by atoms with Crippen molar-refractivity contribution in [2.45, 2.75) is 18.9 Å². The average Bonchev–Trinajstić information content (AvgIpc) is 2.92. The standard InChI is InChI=1S/C10H15N3O/c1-13(2)9-6-5-8(10(11)12-9)14-7-3-4-7/h5-7H,3-4H2,1-2H3,(H2,11,12). The first-order valence-electron chi connectivity index (χ1n) is 4.77. The molecule has 76 valence electrons. The molecule has 1 aliphatic carbocycles. The summed E-state index contributed by atoms with van der Waals surface area (Å²) in [6.07, 6.45) is 2.63. The summed E-state index contributed by atoms with van der Waals surface area (Å²) < 4.78 is 5.58. The Labute approximate surface area is 83.7 Å². The highest BCUT2D eigenvalue weighted by molar-refractivity contribution is 5.53. The second-order valence-corrected chi connectivity index (χ2v) is 3.76. The minimum Gasteiger partial charge on any atom is -0.487 e. The van der Waals surface area contributed by atoms with Gasteiger partial charge in [-0.15, -0.1) is 0 Å². The molecule has 1 fully saturated rings. The minimum absolute atomic E-state index is 0.365. The number of nitrogens with zero attached hydrogens (tertiary/aromatic N) is 2. The third-order valence-corrected chi connectivity index (χ3v) is 2.15. The van der Waals surface area contributed by atoms with Crippen molar-refractivity contribution in [2.24, 2.45) is 0 Å². The molecule has 1 heterocycles. The molecule has 0 spiro atoms. The summed E-state index contributed by atoms with van der Waals surface area (Å²) in [6, 6.07) is 3.80. The molecule has 0 saturated heterocycles. The Morgan fingerprint density at radius 2 is 2.14 bits per heavy atom. The minimum atomic E-state index is 0.365. The van der Waals surface area contributed by atoms with E-state index >= 15 is 0 Å². The summed E-state index contributed by atoms with van der Waals surface area (Å²) in [5, 5.41) is 0. The first kappa shape index (κ1) is 9.12. The Morgan fingerprint density at radius 3 is 2.64 bits per heavy atom. The van der Waals surface area contributed by atoms with Crippen molar-refractivity contribution < 1.29 is 4.74 Å². The largest absolute Gasteiger partial charge is 0.487 e. The lowest BCUT2D eigenvalue weighted by Crippen LogP contribution is -2.12. The van der Waals surface area contributed by atoms with Crippen LogP contribution in [-0.2, 0) is 0 Å². The van der Waals surface area contributed by atoms with Crippen molar-refractivity contribution in [3.8, 4) is 5.75 Å². The Bertz CT molecular complexity index is 334. The van der Waals surface area contributed by atoms with Gasteiger partial charge in [0.25, 0.3) is 0 Å². The quantitative estimate of drug-likeness (QED) is 0.785. The predicted octanol–water partition coefficient (Wildman–Crippen LogP) is 1.27. The average molecular weight is 193 g/mol. The molecule has 4 heteroatoms. The highest BCUT2D eigenvalue weighted by Gasteiger charge is 2.24. The van der Waals surface area contributed by atoms with Crippen LogP contribution in [-0.4, -0.2) is 25.2 Å². The van der Waals surface area contributed by atoms with Crippen molar-refractivity contribution in [3.63, 3.8) is 0 Å². The van der Waals surface area contributed by atoms with Gasteiger partial charge in [0.2, 0.25) is 0 Å². The van der Waals surface area contributed by atoms with Gasteiger partial charge in [-0.1, -0.05) is 0 Å². The number of pyridine rings is 1. The molecule has 1 aliphatic rings. The smallest absolute Gasteiger partial charge is 0.168 e. The molecule has 0 aromatic carbocycles. The number of aromatic nitrogens is 1. The van der Waals surface area contributed by atoms with E-state index in [4.69, 9.17) is 10.5 Å². The topological polar surface area (TPSA) is 51.4 Å². The van der Waals surface area contributed by atoms with Crippen LogP contribution in [0.2, 0.25) is 0 Å². The Balaban J connectivity index is 2.17. The number of anilines is 2. The van der Waals surface area contributed by atoms with Crippen LogP contribution in [0.4, 0.5) is 11.6 Å². The van der Waals surface area contributed by atoms with E-state index in [9.17, 15) is 0 Å². The predicted molar refractivity (Wildman–Crippen MR) is 56.6 cm³/mol. The van der Waals surface area contributed by atoms with Crippen LogP contribution < -0.4 is 15.4 Å². The van der Waals surface area contributed by atoms with Crippen molar-refractivity contribution in [3.05, 3.63) is 12.1 Å². The SMILES string of the molecule is CN(C)c1ccc(OC2CC2)c(N)n1. The van der Waals surface area contributed by atoms with E-state index in [1.807, 2.05) is 31.1 Å². The molecule has 1 aromatic rings. The summed E-state index contributed by atoms with van der Waals surface area (Å²) in [5.41, 5.74) is 5.77. The summed E-state index contributed by atoms with van der Waals surface area (Å²) in [5.74, 6) is 2.03. The van der Waals surface area contributed by atoms with Crippen LogP contribution in [0.15, 0.2) is 12.1 Å². The van der Waals surface area contributed by atoms with Crippen molar-refractivity contribution in [1.29, 1.82) is 0 Å². The molecule has 0 aliphatic heterocycles. The maximum absolute atomic E-state index is 5.77. The number of rotatable bonds is 3. The highest BCUT2D eigenvalue weighted by atomic mass is 16.5. The Kier molecular flexibility index (Phi) is 2.19. The number of hydrogen-bond donors (Lipinski definition) is 1. The van der Waals surface area contributed by atoms with Crippen molar-refractivity contribution in [2.75, 3.05) is 24.7 Å². The number of nitrogens with two attached hydrogens (primary N) is 1. The van der Waals surface area contributed by atoms with Crippen LogP contribution >= 0.6 is 0 Å². The molecule has 0 radical (unpaired) electrons. The lowest BCUT2D eigenvalue weighted by atomic mass is 10.4. The fourth-order valence-electron chi connectivity index (χ4n) is 1.17. The molecule has 1 saturated carbocycles. The summed E-state index contributed by atoms with van der Waals surface area (Å²) in [4.78, 5) is 6.15. The zero-order valence-electron chi connectivity index (χ0n) is 8.53. The molecule has 2 N–H and O–H groups in total.